The minimum Gasteiger partial charge on any atom is -0.396 e. The van der Waals surface area contributed by atoms with Crippen LogP contribution in [0.1, 0.15) is 25.2 Å². The van der Waals surface area contributed by atoms with Gasteiger partial charge in [0, 0.05) is 6.04 Å². The first kappa shape index (κ1) is 15.0. The molecule has 19 heavy (non-hydrogen) atoms. The highest BCUT2D eigenvalue weighted by Gasteiger charge is 2.12. The van der Waals surface area contributed by atoms with E-state index in [4.69, 9.17) is 5.73 Å². The molecule has 0 saturated carbocycles. The maximum absolute atomic E-state index is 11.7. The monoisotopic (exact) mass is 267 g/mol. The molecule has 7 nitrogen and oxygen atoms in total. The normalized spacial score (nSPS) is 10.6. The number of aromatic nitrogens is 2. The fourth-order valence-electron chi connectivity index (χ4n) is 1.61. The van der Waals surface area contributed by atoms with Crippen LogP contribution in [0.3, 0.4) is 0 Å². The number of hydrogen-bond donors (Lipinski definition) is 3. The first-order valence-corrected chi connectivity index (χ1v) is 6.16. The molecule has 0 aliphatic rings. The summed E-state index contributed by atoms with van der Waals surface area (Å²) < 4.78 is 1.53. The summed E-state index contributed by atoms with van der Waals surface area (Å²) in [5.41, 5.74) is 7.81. The Bertz CT molecular complexity index is 479. The lowest BCUT2D eigenvalue weighted by molar-refractivity contribution is -0.126. The van der Waals surface area contributed by atoms with Crippen molar-refractivity contribution >= 4 is 17.5 Å². The van der Waals surface area contributed by atoms with Crippen molar-refractivity contribution in [3.8, 4) is 0 Å². The van der Waals surface area contributed by atoms with Crippen LogP contribution in [0.15, 0.2) is 0 Å². The van der Waals surface area contributed by atoms with Gasteiger partial charge in [-0.3, -0.25) is 14.3 Å². The number of nitrogen functional groups attached to an aromatic ring is 1. The molecule has 0 spiro atoms. The minimum atomic E-state index is -0.274. The van der Waals surface area contributed by atoms with Crippen molar-refractivity contribution in [2.75, 3.05) is 12.3 Å². The summed E-state index contributed by atoms with van der Waals surface area (Å²) in [6.07, 6.45) is 0. The van der Waals surface area contributed by atoms with Crippen LogP contribution in [0.2, 0.25) is 0 Å². The summed E-state index contributed by atoms with van der Waals surface area (Å²) in [6.45, 7) is 7.32. The molecular weight excluding hydrogens is 246 g/mol. The van der Waals surface area contributed by atoms with E-state index >= 15 is 0 Å². The number of carbonyl (C=O) groups is 2. The molecule has 1 rings (SSSR count). The van der Waals surface area contributed by atoms with Gasteiger partial charge in [-0.2, -0.15) is 5.10 Å². The molecule has 0 aliphatic carbocycles. The third-order valence-electron chi connectivity index (χ3n) is 2.63. The Kier molecular flexibility index (Phi) is 4.91. The molecule has 1 aromatic rings. The molecule has 1 aromatic heterocycles. The van der Waals surface area contributed by atoms with Crippen LogP contribution in [0.5, 0.6) is 0 Å². The molecule has 4 N–H and O–H groups in total. The van der Waals surface area contributed by atoms with Gasteiger partial charge in [-0.1, -0.05) is 0 Å². The maximum atomic E-state index is 11.7. The van der Waals surface area contributed by atoms with E-state index in [1.807, 2.05) is 13.8 Å². The van der Waals surface area contributed by atoms with E-state index in [9.17, 15) is 9.59 Å². The zero-order chi connectivity index (χ0) is 14.6. The predicted molar refractivity (Wildman–Crippen MR) is 72.4 cm³/mol. The van der Waals surface area contributed by atoms with Gasteiger partial charge < -0.3 is 16.4 Å². The van der Waals surface area contributed by atoms with Gasteiger partial charge in [0.1, 0.15) is 6.54 Å². The van der Waals surface area contributed by atoms with Gasteiger partial charge in [-0.25, -0.2) is 0 Å². The van der Waals surface area contributed by atoms with Gasteiger partial charge in [-0.05, 0) is 27.7 Å². The average Bonchev–Trinajstić information content (AvgIpc) is 2.54. The van der Waals surface area contributed by atoms with Crippen LogP contribution < -0.4 is 16.4 Å². The largest absolute Gasteiger partial charge is 0.396 e. The number of amides is 2. The van der Waals surface area contributed by atoms with Crippen LogP contribution >= 0.6 is 0 Å². The molecule has 0 saturated heterocycles. The van der Waals surface area contributed by atoms with Crippen molar-refractivity contribution in [3.05, 3.63) is 11.4 Å². The molecule has 0 aromatic carbocycles. The first-order chi connectivity index (χ1) is 8.81. The number of nitrogens with zero attached hydrogens (tertiary/aromatic N) is 2. The summed E-state index contributed by atoms with van der Waals surface area (Å²) in [5.74, 6) is -0.485. The third-order valence-corrected chi connectivity index (χ3v) is 2.63. The summed E-state index contributed by atoms with van der Waals surface area (Å²) in [7, 11) is 0. The molecule has 2 amide bonds. The lowest BCUT2D eigenvalue weighted by Crippen LogP contribution is -2.40. The van der Waals surface area contributed by atoms with Gasteiger partial charge in [0.05, 0.1) is 23.6 Å². The van der Waals surface area contributed by atoms with Crippen molar-refractivity contribution in [1.29, 1.82) is 0 Å². The highest BCUT2D eigenvalue weighted by atomic mass is 16.2. The van der Waals surface area contributed by atoms with Gasteiger partial charge in [0.15, 0.2) is 0 Å². The highest BCUT2D eigenvalue weighted by molar-refractivity contribution is 5.84. The van der Waals surface area contributed by atoms with Crippen LogP contribution in [-0.4, -0.2) is 34.2 Å². The van der Waals surface area contributed by atoms with Crippen molar-refractivity contribution in [3.63, 3.8) is 0 Å². The number of carbonyl (C=O) groups excluding carboxylic acids is 2. The molecule has 0 atom stereocenters. The molecule has 7 heteroatoms. The Labute approximate surface area is 112 Å². The molecule has 0 aliphatic heterocycles. The predicted octanol–water partition coefficient (Wildman–Crippen LogP) is -0.277. The fourth-order valence-corrected chi connectivity index (χ4v) is 1.61. The molecule has 0 unspecified atom stereocenters. The molecule has 0 bridgehead atoms. The van der Waals surface area contributed by atoms with E-state index in [2.05, 4.69) is 15.7 Å². The lowest BCUT2D eigenvalue weighted by atomic mass is 10.3. The first-order valence-electron chi connectivity index (χ1n) is 6.16. The Morgan fingerprint density at radius 2 is 1.95 bits per heavy atom. The van der Waals surface area contributed by atoms with Gasteiger partial charge in [-0.15, -0.1) is 0 Å². The standard InChI is InChI=1S/C12H21N5O2/c1-7(2)15-10(18)5-14-11(19)6-17-9(4)12(13)8(3)16-17/h7H,5-6,13H2,1-4H3,(H,14,19)(H,15,18). The van der Waals surface area contributed by atoms with E-state index in [-0.39, 0.29) is 30.9 Å². The van der Waals surface area contributed by atoms with E-state index < -0.39 is 0 Å². The van der Waals surface area contributed by atoms with Crippen LogP contribution in [0, 0.1) is 13.8 Å². The zero-order valence-corrected chi connectivity index (χ0v) is 11.8. The second-order valence-corrected chi connectivity index (χ2v) is 4.74. The van der Waals surface area contributed by atoms with Crippen molar-refractivity contribution < 1.29 is 9.59 Å². The molecular formula is C12H21N5O2. The Balaban J connectivity index is 2.47. The van der Waals surface area contributed by atoms with E-state index in [1.54, 1.807) is 13.8 Å². The van der Waals surface area contributed by atoms with Crippen molar-refractivity contribution in [2.24, 2.45) is 0 Å². The number of hydrogen-bond acceptors (Lipinski definition) is 4. The smallest absolute Gasteiger partial charge is 0.242 e. The Morgan fingerprint density at radius 3 is 2.42 bits per heavy atom. The quantitative estimate of drug-likeness (QED) is 0.683. The summed E-state index contributed by atoms with van der Waals surface area (Å²) >= 11 is 0. The average molecular weight is 267 g/mol. The minimum absolute atomic E-state index is 0.0359. The second kappa shape index (κ2) is 6.21. The number of anilines is 1. The lowest BCUT2D eigenvalue weighted by Gasteiger charge is -2.09. The number of nitrogens with one attached hydrogen (secondary N) is 2. The van der Waals surface area contributed by atoms with Crippen LogP contribution in [-0.2, 0) is 16.1 Å². The van der Waals surface area contributed by atoms with Gasteiger partial charge in [0.25, 0.3) is 0 Å². The van der Waals surface area contributed by atoms with Crippen LogP contribution in [0.4, 0.5) is 5.69 Å². The fraction of sp³-hybridized carbons (Fsp3) is 0.583. The molecule has 0 fully saturated rings. The van der Waals surface area contributed by atoms with Crippen molar-refractivity contribution in [2.45, 2.75) is 40.3 Å². The van der Waals surface area contributed by atoms with E-state index in [1.165, 1.54) is 4.68 Å². The summed E-state index contributed by atoms with van der Waals surface area (Å²) in [5, 5.41) is 9.39. The number of rotatable bonds is 5. The number of nitrogens with two attached hydrogens (primary N) is 1. The topological polar surface area (TPSA) is 102 Å². The van der Waals surface area contributed by atoms with E-state index in [0.29, 0.717) is 11.4 Å². The second-order valence-electron chi connectivity index (χ2n) is 4.74. The highest BCUT2D eigenvalue weighted by Crippen LogP contribution is 2.14. The molecule has 1 heterocycles. The zero-order valence-electron chi connectivity index (χ0n) is 11.8. The summed E-state index contributed by atoms with van der Waals surface area (Å²) in [4.78, 5) is 23.0. The van der Waals surface area contributed by atoms with E-state index in [0.717, 1.165) is 5.69 Å². The SMILES string of the molecule is Cc1nn(CC(=O)NCC(=O)NC(C)C)c(C)c1N. The van der Waals surface area contributed by atoms with Crippen molar-refractivity contribution in [1.82, 2.24) is 20.4 Å². The number of aryl methyl sites for hydroxylation is 1. The van der Waals surface area contributed by atoms with Gasteiger partial charge in [0.2, 0.25) is 11.8 Å². The maximum Gasteiger partial charge on any atom is 0.242 e. The summed E-state index contributed by atoms with van der Waals surface area (Å²) in [6, 6.07) is 0.0557. The van der Waals surface area contributed by atoms with Crippen LogP contribution in [0.25, 0.3) is 0 Å². The Hall–Kier alpha value is -2.05. The molecule has 106 valence electrons. The third kappa shape index (κ3) is 4.27. The Morgan fingerprint density at radius 1 is 1.32 bits per heavy atom. The molecule has 0 radical (unpaired) electrons. The van der Waals surface area contributed by atoms with Gasteiger partial charge >= 0.3 is 0 Å².